The van der Waals surface area contributed by atoms with Gasteiger partial charge in [0.1, 0.15) is 5.75 Å². The summed E-state index contributed by atoms with van der Waals surface area (Å²) in [5, 5.41) is 0. The summed E-state index contributed by atoms with van der Waals surface area (Å²) >= 11 is 0. The van der Waals surface area contributed by atoms with Gasteiger partial charge in [-0.3, -0.25) is 4.90 Å². The highest BCUT2D eigenvalue weighted by atomic mass is 16.7. The Labute approximate surface area is 157 Å². The monoisotopic (exact) mass is 351 g/mol. The van der Waals surface area contributed by atoms with Gasteiger partial charge in [0, 0.05) is 18.7 Å². The van der Waals surface area contributed by atoms with Crippen LogP contribution in [-0.2, 0) is 4.74 Å². The third-order valence-corrected chi connectivity index (χ3v) is 5.03. The van der Waals surface area contributed by atoms with Crippen LogP contribution in [0.4, 0.5) is 0 Å². The van der Waals surface area contributed by atoms with Crippen LogP contribution in [0.15, 0.2) is 54.6 Å². The summed E-state index contributed by atoms with van der Waals surface area (Å²) in [5.41, 5.74) is 4.81. The molecule has 138 valence electrons. The molecule has 1 atom stereocenters. The van der Waals surface area contributed by atoms with E-state index in [1.165, 1.54) is 36.0 Å². The molecule has 1 aliphatic heterocycles. The van der Waals surface area contributed by atoms with Crippen molar-refractivity contribution >= 4 is 5.57 Å². The van der Waals surface area contributed by atoms with Gasteiger partial charge in [0.2, 0.25) is 0 Å². The van der Waals surface area contributed by atoms with Crippen molar-refractivity contribution in [1.82, 2.24) is 4.90 Å². The molecule has 3 heteroatoms. The largest absolute Gasteiger partial charge is 0.467 e. The number of likely N-dealkylation sites (N-methyl/N-ethyl adjacent to an activating group) is 1. The third-order valence-electron chi connectivity index (χ3n) is 5.03. The number of hydrogen-bond donors (Lipinski definition) is 0. The fourth-order valence-corrected chi connectivity index (χ4v) is 3.57. The van der Waals surface area contributed by atoms with Gasteiger partial charge in [-0.05, 0) is 56.6 Å². The zero-order chi connectivity index (χ0) is 18.4. The Balaban J connectivity index is 2.08. The second-order valence-electron chi connectivity index (χ2n) is 7.04. The van der Waals surface area contributed by atoms with E-state index >= 15 is 0 Å². The molecule has 26 heavy (non-hydrogen) atoms. The van der Waals surface area contributed by atoms with Crippen LogP contribution in [0.25, 0.3) is 5.57 Å². The number of benzene rings is 2. The van der Waals surface area contributed by atoms with Gasteiger partial charge >= 0.3 is 0 Å². The first-order valence-electron chi connectivity index (χ1n) is 9.39. The Hall–Kier alpha value is -2.10. The topological polar surface area (TPSA) is 21.7 Å². The maximum absolute atomic E-state index is 5.88. The summed E-state index contributed by atoms with van der Waals surface area (Å²) in [6, 6.07) is 17.4. The molecule has 0 aliphatic carbocycles. The highest BCUT2D eigenvalue weighted by molar-refractivity contribution is 5.83. The molecule has 0 saturated carbocycles. The maximum Gasteiger partial charge on any atom is 0.188 e. The summed E-state index contributed by atoms with van der Waals surface area (Å²) in [6.45, 7) is 3.53. The molecule has 1 unspecified atom stereocenters. The number of nitrogens with zero attached hydrogens (tertiary/aromatic N) is 1. The van der Waals surface area contributed by atoms with E-state index in [0.29, 0.717) is 6.04 Å². The fourth-order valence-electron chi connectivity index (χ4n) is 3.57. The van der Waals surface area contributed by atoms with Crippen molar-refractivity contribution in [2.45, 2.75) is 32.2 Å². The Morgan fingerprint density at radius 3 is 2.69 bits per heavy atom. The lowest BCUT2D eigenvalue weighted by Gasteiger charge is -2.31. The summed E-state index contributed by atoms with van der Waals surface area (Å²) in [4.78, 5) is 2.46. The number of methoxy groups -OCH3 is 1. The van der Waals surface area contributed by atoms with Crippen molar-refractivity contribution in [3.8, 4) is 5.75 Å². The van der Waals surface area contributed by atoms with Gasteiger partial charge in [0.15, 0.2) is 6.79 Å². The van der Waals surface area contributed by atoms with Crippen molar-refractivity contribution in [3.05, 3.63) is 71.3 Å². The van der Waals surface area contributed by atoms with Crippen LogP contribution in [-0.4, -0.2) is 38.4 Å². The molecule has 0 N–H and O–H groups in total. The van der Waals surface area contributed by atoms with Gasteiger partial charge in [-0.1, -0.05) is 54.5 Å². The van der Waals surface area contributed by atoms with Crippen LogP contribution in [0.2, 0.25) is 0 Å². The second-order valence-corrected chi connectivity index (χ2v) is 7.04. The minimum Gasteiger partial charge on any atom is -0.467 e. The van der Waals surface area contributed by atoms with E-state index in [1.54, 1.807) is 7.11 Å². The number of hydrogen-bond acceptors (Lipinski definition) is 3. The lowest BCUT2D eigenvalue weighted by atomic mass is 9.91. The first-order valence-corrected chi connectivity index (χ1v) is 9.39. The van der Waals surface area contributed by atoms with E-state index in [4.69, 9.17) is 9.47 Å². The van der Waals surface area contributed by atoms with Crippen LogP contribution in [0.3, 0.4) is 0 Å². The predicted molar refractivity (Wildman–Crippen MR) is 107 cm³/mol. The van der Waals surface area contributed by atoms with Crippen molar-refractivity contribution in [2.24, 2.45) is 0 Å². The Morgan fingerprint density at radius 1 is 1.15 bits per heavy atom. The Kier molecular flexibility index (Phi) is 6.48. The van der Waals surface area contributed by atoms with E-state index in [0.717, 1.165) is 17.9 Å². The average Bonchev–Trinajstić information content (AvgIpc) is 2.67. The zero-order valence-electron chi connectivity index (χ0n) is 16.1. The van der Waals surface area contributed by atoms with Crippen molar-refractivity contribution < 1.29 is 9.47 Å². The van der Waals surface area contributed by atoms with E-state index in [-0.39, 0.29) is 6.79 Å². The highest BCUT2D eigenvalue weighted by Crippen LogP contribution is 2.34. The first-order chi connectivity index (χ1) is 12.7. The van der Waals surface area contributed by atoms with E-state index < -0.39 is 0 Å². The Bertz CT molecular complexity index is 739. The number of aryl methyl sites for hydroxylation is 1. The summed E-state index contributed by atoms with van der Waals surface area (Å²) in [5.74, 6) is 0.867. The second kappa shape index (κ2) is 9.02. The van der Waals surface area contributed by atoms with Crippen LogP contribution in [0, 0.1) is 6.92 Å². The van der Waals surface area contributed by atoms with Crippen LogP contribution >= 0.6 is 0 Å². The van der Waals surface area contributed by atoms with Gasteiger partial charge in [-0.2, -0.15) is 0 Å². The number of piperidine rings is 1. The molecule has 0 amide bonds. The number of rotatable bonds is 6. The standard InChI is InChI=1S/C23H29NO2/c1-18-12-13-23(26-17-25-3)22(15-18)21(19-9-5-4-6-10-19)16-20-11-7-8-14-24(20)2/h4-6,9-10,12-13,15-16,20H,7-8,11,14,17H2,1-3H3/b21-16+. The molecular weight excluding hydrogens is 322 g/mol. The molecule has 0 radical (unpaired) electrons. The summed E-state index contributed by atoms with van der Waals surface area (Å²) in [6.07, 6.45) is 6.19. The molecule has 0 aromatic heterocycles. The predicted octanol–water partition coefficient (Wildman–Crippen LogP) is 4.89. The molecule has 3 rings (SSSR count). The quantitative estimate of drug-likeness (QED) is 0.691. The maximum atomic E-state index is 5.88. The number of ether oxygens (including phenoxy) is 2. The zero-order valence-corrected chi connectivity index (χ0v) is 16.1. The van der Waals surface area contributed by atoms with Crippen LogP contribution in [0.5, 0.6) is 5.75 Å². The van der Waals surface area contributed by atoms with E-state index in [9.17, 15) is 0 Å². The third kappa shape index (κ3) is 4.54. The van der Waals surface area contributed by atoms with Gasteiger partial charge < -0.3 is 9.47 Å². The SMILES string of the molecule is COCOc1ccc(C)cc1/C(=C/C1CCCCN1C)c1ccccc1. The van der Waals surface area contributed by atoms with Gasteiger partial charge in [0.25, 0.3) is 0 Å². The van der Waals surface area contributed by atoms with E-state index in [1.807, 2.05) is 6.07 Å². The van der Waals surface area contributed by atoms with Crippen molar-refractivity contribution in [3.63, 3.8) is 0 Å². The summed E-state index contributed by atoms with van der Waals surface area (Å²) < 4.78 is 11.0. The fraction of sp³-hybridized carbons (Fsp3) is 0.391. The minimum atomic E-state index is 0.251. The van der Waals surface area contributed by atoms with Crippen LogP contribution < -0.4 is 4.74 Å². The molecule has 1 aliphatic rings. The number of likely N-dealkylation sites (tertiary alicyclic amines) is 1. The minimum absolute atomic E-state index is 0.251. The molecule has 1 saturated heterocycles. The lowest BCUT2D eigenvalue weighted by Crippen LogP contribution is -2.34. The molecule has 0 bridgehead atoms. The molecule has 1 fully saturated rings. The molecule has 2 aromatic rings. The van der Waals surface area contributed by atoms with Gasteiger partial charge in [-0.15, -0.1) is 0 Å². The van der Waals surface area contributed by atoms with Crippen molar-refractivity contribution in [2.75, 3.05) is 27.5 Å². The first kappa shape index (κ1) is 18.7. The lowest BCUT2D eigenvalue weighted by molar-refractivity contribution is 0.0509. The normalized spacial score (nSPS) is 18.7. The van der Waals surface area contributed by atoms with Crippen molar-refractivity contribution in [1.29, 1.82) is 0 Å². The smallest absolute Gasteiger partial charge is 0.188 e. The molecule has 0 spiro atoms. The highest BCUT2D eigenvalue weighted by Gasteiger charge is 2.20. The Morgan fingerprint density at radius 2 is 1.96 bits per heavy atom. The average molecular weight is 351 g/mol. The molecular formula is C23H29NO2. The van der Waals surface area contributed by atoms with Crippen LogP contribution in [0.1, 0.15) is 36.0 Å². The van der Waals surface area contributed by atoms with Gasteiger partial charge in [-0.25, -0.2) is 0 Å². The van der Waals surface area contributed by atoms with E-state index in [2.05, 4.69) is 67.4 Å². The molecule has 2 aromatic carbocycles. The van der Waals surface area contributed by atoms with Gasteiger partial charge in [0.05, 0.1) is 0 Å². The molecule has 3 nitrogen and oxygen atoms in total. The molecule has 1 heterocycles. The summed E-state index contributed by atoms with van der Waals surface area (Å²) in [7, 11) is 3.88.